The highest BCUT2D eigenvalue weighted by atomic mass is 19.1. The van der Waals surface area contributed by atoms with E-state index in [9.17, 15) is 14.8 Å². The van der Waals surface area contributed by atoms with Crippen LogP contribution in [0.3, 0.4) is 0 Å². The van der Waals surface area contributed by atoms with E-state index in [1.54, 1.807) is 12.1 Å². The average molecular weight is 649 g/mol. The minimum absolute atomic E-state index is 0.00857. The highest BCUT2D eigenvalue weighted by Crippen LogP contribution is 2.46. The number of hydrogen-bond donors (Lipinski definition) is 2. The zero-order valence-corrected chi connectivity index (χ0v) is 26.4. The zero-order chi connectivity index (χ0) is 32.9. The minimum Gasteiger partial charge on any atom is -0.508 e. The quantitative estimate of drug-likeness (QED) is 0.204. The molecule has 9 nitrogen and oxygen atoms in total. The molecule has 0 saturated carbocycles. The monoisotopic (exact) mass is 648 g/mol. The van der Waals surface area contributed by atoms with Crippen molar-refractivity contribution >= 4 is 27.5 Å². The number of benzene rings is 4. The Morgan fingerprint density at radius 2 is 1.79 bits per heavy atom. The third-order valence-electron chi connectivity index (χ3n) is 9.87. The summed E-state index contributed by atoms with van der Waals surface area (Å²) in [5.41, 5.74) is 0.0929. The van der Waals surface area contributed by atoms with Crippen LogP contribution in [0.2, 0.25) is 0 Å². The second kappa shape index (κ2) is 12.2. The van der Waals surface area contributed by atoms with Crippen LogP contribution in [0, 0.1) is 23.0 Å². The Morgan fingerprint density at radius 1 is 0.979 bits per heavy atom. The standard InChI is InChI=1S/C37H34F2N6O3/c1-44-13-5-7-24(44)20-47-37-42-35-28(36(43-37)45-18-22-11-12-23(19-45)41-22)16-32(48-31-10-4-9-30(38)29(31)17-40)33(34(35)39)27-15-25(46)14-21-6-2-3-8-26(21)27/h2-4,6,8-10,14-16,22-24,41,46H,5,7,11-13,18-20H2,1H3/t22?,23?,24-/m0/s1. The van der Waals surface area contributed by atoms with Gasteiger partial charge in [0, 0.05) is 36.6 Å². The third-order valence-corrected chi connectivity index (χ3v) is 9.87. The summed E-state index contributed by atoms with van der Waals surface area (Å²) in [6, 6.07) is 18.8. The third kappa shape index (κ3) is 5.41. The first-order valence-electron chi connectivity index (χ1n) is 16.3. The number of piperazine rings is 1. The van der Waals surface area contributed by atoms with E-state index in [0.29, 0.717) is 47.2 Å². The van der Waals surface area contributed by atoms with Crippen molar-refractivity contribution in [2.24, 2.45) is 0 Å². The molecule has 2 N–H and O–H groups in total. The molecule has 2 bridgehead atoms. The van der Waals surface area contributed by atoms with Crippen LogP contribution in [0.4, 0.5) is 14.6 Å². The number of phenols is 1. The van der Waals surface area contributed by atoms with E-state index in [1.165, 1.54) is 24.3 Å². The van der Waals surface area contributed by atoms with Crippen LogP contribution >= 0.6 is 0 Å². The van der Waals surface area contributed by atoms with Gasteiger partial charge < -0.3 is 29.7 Å². The molecule has 8 rings (SSSR count). The number of likely N-dealkylation sites (tertiary alicyclic amines) is 1. The molecule has 244 valence electrons. The molecule has 48 heavy (non-hydrogen) atoms. The van der Waals surface area contributed by atoms with Crippen molar-refractivity contribution in [3.63, 3.8) is 0 Å². The second-order valence-electron chi connectivity index (χ2n) is 13.0. The summed E-state index contributed by atoms with van der Waals surface area (Å²) in [5, 5.41) is 25.9. The van der Waals surface area contributed by atoms with E-state index >= 15 is 4.39 Å². The Hall–Kier alpha value is -5.05. The number of aromatic hydroxyl groups is 1. The van der Waals surface area contributed by atoms with Gasteiger partial charge in [-0.05, 0) is 85.9 Å². The van der Waals surface area contributed by atoms with Crippen LogP contribution in [-0.2, 0) is 0 Å². The maximum absolute atomic E-state index is 17.4. The number of aromatic nitrogens is 2. The molecule has 3 aliphatic rings. The number of halogens is 2. The molecule has 3 saturated heterocycles. The molecule has 4 heterocycles. The topological polar surface area (TPSA) is 107 Å². The predicted octanol–water partition coefficient (Wildman–Crippen LogP) is 6.51. The number of nitrogens with zero attached hydrogens (tertiary/aromatic N) is 5. The molecule has 2 unspecified atom stereocenters. The summed E-state index contributed by atoms with van der Waals surface area (Å²) in [6.07, 6.45) is 4.15. The lowest BCUT2D eigenvalue weighted by atomic mass is 9.95. The Kier molecular flexibility index (Phi) is 7.70. The summed E-state index contributed by atoms with van der Waals surface area (Å²) >= 11 is 0. The van der Waals surface area contributed by atoms with Crippen molar-refractivity contribution < 1.29 is 23.4 Å². The van der Waals surface area contributed by atoms with Crippen LogP contribution < -0.4 is 19.7 Å². The number of rotatable bonds is 7. The van der Waals surface area contributed by atoms with Gasteiger partial charge in [0.25, 0.3) is 0 Å². The molecule has 3 atom stereocenters. The van der Waals surface area contributed by atoms with Gasteiger partial charge in [0.15, 0.2) is 5.82 Å². The summed E-state index contributed by atoms with van der Waals surface area (Å²) < 4.78 is 44.7. The highest BCUT2D eigenvalue weighted by Gasteiger charge is 2.35. The average Bonchev–Trinajstić information content (AvgIpc) is 3.66. The molecule has 5 aromatic rings. The van der Waals surface area contributed by atoms with E-state index in [2.05, 4.69) is 27.1 Å². The maximum Gasteiger partial charge on any atom is 0.319 e. The van der Waals surface area contributed by atoms with Gasteiger partial charge in [-0.1, -0.05) is 30.3 Å². The van der Waals surface area contributed by atoms with Crippen LogP contribution in [-0.4, -0.2) is 71.4 Å². The Bertz CT molecular complexity index is 2090. The van der Waals surface area contributed by atoms with Crippen molar-refractivity contribution in [3.8, 4) is 40.5 Å². The number of fused-ring (bicyclic) bond motifs is 4. The molecule has 0 radical (unpaired) electrons. The van der Waals surface area contributed by atoms with Crippen molar-refractivity contribution in [1.29, 1.82) is 5.26 Å². The molecule has 0 amide bonds. The summed E-state index contributed by atoms with van der Waals surface area (Å²) in [5.74, 6) is -1.05. The van der Waals surface area contributed by atoms with Gasteiger partial charge in [0.05, 0.1) is 5.56 Å². The Labute approximate surface area is 276 Å². The maximum atomic E-state index is 17.4. The van der Waals surface area contributed by atoms with Crippen LogP contribution in [0.1, 0.15) is 31.2 Å². The summed E-state index contributed by atoms with van der Waals surface area (Å²) in [7, 11) is 2.06. The second-order valence-corrected chi connectivity index (χ2v) is 13.0. The van der Waals surface area contributed by atoms with Crippen molar-refractivity contribution in [3.05, 3.63) is 77.9 Å². The molecular weight excluding hydrogens is 614 g/mol. The first-order valence-corrected chi connectivity index (χ1v) is 16.3. The molecule has 4 aromatic carbocycles. The van der Waals surface area contributed by atoms with Gasteiger partial charge in [0.1, 0.15) is 52.6 Å². The zero-order valence-electron chi connectivity index (χ0n) is 26.4. The van der Waals surface area contributed by atoms with Gasteiger partial charge in [-0.15, -0.1) is 0 Å². The molecule has 0 spiro atoms. The lowest BCUT2D eigenvalue weighted by molar-refractivity contribution is 0.188. The summed E-state index contributed by atoms with van der Waals surface area (Å²) in [4.78, 5) is 13.9. The SMILES string of the molecule is CN1CCC[C@H]1COc1nc(N2CC3CCC(C2)N3)c2cc(Oc3cccc(F)c3C#N)c(-c3cc(O)cc4ccccc34)c(F)c2n1. The number of anilines is 1. The number of ether oxygens (including phenoxy) is 2. The molecule has 0 aliphatic carbocycles. The fraction of sp³-hybridized carbons (Fsp3) is 0.324. The Balaban J connectivity index is 1.36. The first-order chi connectivity index (χ1) is 23.4. The minimum atomic E-state index is -0.754. The van der Waals surface area contributed by atoms with Gasteiger partial charge in [-0.3, -0.25) is 0 Å². The van der Waals surface area contributed by atoms with E-state index in [1.807, 2.05) is 30.3 Å². The van der Waals surface area contributed by atoms with Gasteiger partial charge in [-0.25, -0.2) is 8.78 Å². The number of nitrogens with one attached hydrogen (secondary N) is 1. The molecule has 1 aromatic heterocycles. The van der Waals surface area contributed by atoms with Crippen LogP contribution in [0.5, 0.6) is 23.3 Å². The van der Waals surface area contributed by atoms with Crippen LogP contribution in [0.15, 0.2) is 60.7 Å². The predicted molar refractivity (Wildman–Crippen MR) is 179 cm³/mol. The van der Waals surface area contributed by atoms with Crippen molar-refractivity contribution in [1.82, 2.24) is 20.2 Å². The smallest absolute Gasteiger partial charge is 0.319 e. The fourth-order valence-corrected chi connectivity index (χ4v) is 7.45. The Morgan fingerprint density at radius 3 is 2.56 bits per heavy atom. The number of phenolic OH excluding ortho intramolecular Hbond substituents is 1. The number of hydrogen-bond acceptors (Lipinski definition) is 9. The molecule has 3 fully saturated rings. The van der Waals surface area contributed by atoms with E-state index in [0.717, 1.165) is 32.2 Å². The van der Waals surface area contributed by atoms with Crippen molar-refractivity contribution in [2.45, 2.75) is 43.8 Å². The highest BCUT2D eigenvalue weighted by molar-refractivity contribution is 6.03. The number of nitriles is 1. The lowest BCUT2D eigenvalue weighted by Gasteiger charge is -2.34. The van der Waals surface area contributed by atoms with E-state index < -0.39 is 11.6 Å². The largest absolute Gasteiger partial charge is 0.508 e. The molecule has 3 aliphatic heterocycles. The fourth-order valence-electron chi connectivity index (χ4n) is 7.45. The molecular formula is C37H34F2N6O3. The number of likely N-dealkylation sites (N-methyl/N-ethyl adjacent to an activating group) is 1. The first kappa shape index (κ1) is 30.3. The van der Waals surface area contributed by atoms with E-state index in [-0.39, 0.29) is 58.0 Å². The van der Waals surface area contributed by atoms with Gasteiger partial charge >= 0.3 is 6.01 Å². The van der Waals surface area contributed by atoms with Gasteiger partial charge in [0.2, 0.25) is 0 Å². The summed E-state index contributed by atoms with van der Waals surface area (Å²) in [6.45, 7) is 2.70. The van der Waals surface area contributed by atoms with Crippen molar-refractivity contribution in [2.75, 3.05) is 38.2 Å². The lowest BCUT2D eigenvalue weighted by Crippen LogP contribution is -2.51. The normalized spacial score (nSPS) is 20.8. The van der Waals surface area contributed by atoms with Crippen LogP contribution in [0.25, 0.3) is 32.8 Å². The van der Waals surface area contributed by atoms with Gasteiger partial charge in [-0.2, -0.15) is 15.2 Å². The molecule has 11 heteroatoms. The van der Waals surface area contributed by atoms with E-state index in [4.69, 9.17) is 14.5 Å².